The van der Waals surface area contributed by atoms with Gasteiger partial charge < -0.3 is 24.8 Å². The molecule has 35 heavy (non-hydrogen) atoms. The second-order valence-corrected chi connectivity index (χ2v) is 10.2. The Bertz CT molecular complexity index is 1020. The van der Waals surface area contributed by atoms with Gasteiger partial charge in [-0.25, -0.2) is 9.59 Å². The van der Waals surface area contributed by atoms with Crippen molar-refractivity contribution in [2.24, 2.45) is 0 Å². The zero-order valence-corrected chi connectivity index (χ0v) is 21.7. The maximum atomic E-state index is 13.9. The SMILES string of the molecule is COc1ccc([C@@H](NC(=O)OC(C)(C)C)C(=O)C(NC(=O)OC(C)(C)C)c2ccc(C)cc2)cc1. The average molecular weight is 485 g/mol. The zero-order chi connectivity index (χ0) is 26.4. The Morgan fingerprint density at radius 2 is 1.06 bits per heavy atom. The number of nitrogens with one attached hydrogen (secondary N) is 2. The van der Waals surface area contributed by atoms with E-state index in [-0.39, 0.29) is 0 Å². The molecule has 0 spiro atoms. The van der Waals surface area contributed by atoms with Gasteiger partial charge in [0.25, 0.3) is 0 Å². The zero-order valence-electron chi connectivity index (χ0n) is 21.7. The van der Waals surface area contributed by atoms with Crippen LogP contribution in [-0.4, -0.2) is 36.3 Å². The first-order valence-electron chi connectivity index (χ1n) is 11.4. The molecule has 0 heterocycles. The van der Waals surface area contributed by atoms with Crippen molar-refractivity contribution in [3.8, 4) is 5.75 Å². The molecule has 2 aromatic carbocycles. The highest BCUT2D eigenvalue weighted by Gasteiger charge is 2.34. The number of methoxy groups -OCH3 is 1. The number of carbonyl (C=O) groups is 3. The van der Waals surface area contributed by atoms with Gasteiger partial charge in [0.2, 0.25) is 0 Å². The van der Waals surface area contributed by atoms with Gasteiger partial charge in [-0.1, -0.05) is 42.0 Å². The molecule has 0 saturated carbocycles. The van der Waals surface area contributed by atoms with Gasteiger partial charge >= 0.3 is 12.2 Å². The van der Waals surface area contributed by atoms with Crippen LogP contribution in [0.2, 0.25) is 0 Å². The van der Waals surface area contributed by atoms with Crippen molar-refractivity contribution in [2.45, 2.75) is 71.8 Å². The molecular weight excluding hydrogens is 448 g/mol. The molecule has 2 rings (SSSR count). The van der Waals surface area contributed by atoms with Crippen LogP contribution in [0.4, 0.5) is 9.59 Å². The minimum atomic E-state index is -1.11. The third-order valence-corrected chi connectivity index (χ3v) is 4.75. The molecule has 0 saturated heterocycles. The number of carbonyl (C=O) groups excluding carboxylic acids is 3. The van der Waals surface area contributed by atoms with Crippen LogP contribution in [0.3, 0.4) is 0 Å². The average Bonchev–Trinajstić information content (AvgIpc) is 2.74. The molecule has 2 aromatic rings. The van der Waals surface area contributed by atoms with Crippen molar-refractivity contribution in [1.29, 1.82) is 0 Å². The van der Waals surface area contributed by atoms with Crippen LogP contribution >= 0.6 is 0 Å². The van der Waals surface area contributed by atoms with Gasteiger partial charge in [-0.2, -0.15) is 0 Å². The first-order valence-corrected chi connectivity index (χ1v) is 11.4. The molecule has 0 aliphatic rings. The summed E-state index contributed by atoms with van der Waals surface area (Å²) < 4.78 is 16.0. The Labute approximate surface area is 207 Å². The quantitative estimate of drug-likeness (QED) is 0.545. The second kappa shape index (κ2) is 11.3. The van der Waals surface area contributed by atoms with E-state index in [1.807, 2.05) is 19.1 Å². The molecule has 0 aliphatic heterocycles. The van der Waals surface area contributed by atoms with Gasteiger partial charge in [0.05, 0.1) is 7.11 Å². The fourth-order valence-electron chi connectivity index (χ4n) is 3.21. The van der Waals surface area contributed by atoms with Crippen molar-refractivity contribution < 1.29 is 28.6 Å². The number of amides is 2. The van der Waals surface area contributed by atoms with Crippen LogP contribution in [0.25, 0.3) is 0 Å². The summed E-state index contributed by atoms with van der Waals surface area (Å²) >= 11 is 0. The summed E-state index contributed by atoms with van der Waals surface area (Å²) in [5.74, 6) is 0.134. The number of hydrogen-bond acceptors (Lipinski definition) is 6. The van der Waals surface area contributed by atoms with Crippen LogP contribution < -0.4 is 15.4 Å². The largest absolute Gasteiger partial charge is 0.497 e. The fourth-order valence-corrected chi connectivity index (χ4v) is 3.21. The van der Waals surface area contributed by atoms with E-state index >= 15 is 0 Å². The van der Waals surface area contributed by atoms with Gasteiger partial charge in [-0.05, 0) is 71.7 Å². The lowest BCUT2D eigenvalue weighted by molar-refractivity contribution is -0.123. The molecular formula is C27H36N2O6. The van der Waals surface area contributed by atoms with Crippen molar-refractivity contribution >= 4 is 18.0 Å². The minimum absolute atomic E-state index is 0.462. The Balaban J connectivity index is 2.47. The fraction of sp³-hybridized carbons (Fsp3) is 0.444. The van der Waals surface area contributed by atoms with Crippen LogP contribution in [0.5, 0.6) is 5.75 Å². The Morgan fingerprint density at radius 3 is 1.40 bits per heavy atom. The lowest BCUT2D eigenvalue weighted by Crippen LogP contribution is -2.44. The van der Waals surface area contributed by atoms with Crippen LogP contribution in [-0.2, 0) is 14.3 Å². The van der Waals surface area contributed by atoms with E-state index in [1.165, 1.54) is 7.11 Å². The van der Waals surface area contributed by atoms with E-state index in [2.05, 4.69) is 10.6 Å². The third-order valence-electron chi connectivity index (χ3n) is 4.75. The van der Waals surface area contributed by atoms with Crippen molar-refractivity contribution in [1.82, 2.24) is 10.6 Å². The number of hydrogen-bond donors (Lipinski definition) is 2. The van der Waals surface area contributed by atoms with Gasteiger partial charge in [0.1, 0.15) is 29.0 Å². The standard InChI is InChI=1S/C27H36N2O6/c1-17-9-11-18(12-10-17)21(28-24(31)34-26(2,3)4)23(30)22(29-25(32)35-27(5,6)7)19-13-15-20(33-8)16-14-19/h9-16,21-22H,1-8H3,(H,28,31)(H,29,32)/t21?,22-/m1/s1. The minimum Gasteiger partial charge on any atom is -0.497 e. The number of alkyl carbamates (subject to hydrolysis) is 2. The molecule has 8 nitrogen and oxygen atoms in total. The summed E-state index contributed by atoms with van der Waals surface area (Å²) in [6, 6.07) is 11.7. The maximum Gasteiger partial charge on any atom is 0.408 e. The summed E-state index contributed by atoms with van der Waals surface area (Å²) in [5.41, 5.74) is 0.536. The molecule has 8 heteroatoms. The number of rotatable bonds is 7. The van der Waals surface area contributed by atoms with Crippen molar-refractivity contribution in [3.05, 3.63) is 65.2 Å². The van der Waals surface area contributed by atoms with Crippen LogP contribution in [0.15, 0.2) is 48.5 Å². The summed E-state index contributed by atoms with van der Waals surface area (Å²) in [4.78, 5) is 39.2. The second-order valence-electron chi connectivity index (χ2n) is 10.2. The molecule has 1 unspecified atom stereocenters. The predicted molar refractivity (Wildman–Crippen MR) is 133 cm³/mol. The van der Waals surface area contributed by atoms with Gasteiger partial charge in [-0.3, -0.25) is 4.79 Å². The summed E-state index contributed by atoms with van der Waals surface area (Å²) in [5, 5.41) is 5.34. The monoisotopic (exact) mass is 484 g/mol. The van der Waals surface area contributed by atoms with Gasteiger partial charge in [0, 0.05) is 0 Å². The summed E-state index contributed by atoms with van der Waals surface area (Å²) in [6.45, 7) is 12.3. The smallest absolute Gasteiger partial charge is 0.408 e. The van der Waals surface area contributed by atoms with E-state index in [0.29, 0.717) is 16.9 Å². The molecule has 2 N–H and O–H groups in total. The van der Waals surface area contributed by atoms with Gasteiger partial charge in [0.15, 0.2) is 5.78 Å². The van der Waals surface area contributed by atoms with Gasteiger partial charge in [-0.15, -0.1) is 0 Å². The summed E-state index contributed by atoms with van der Waals surface area (Å²) in [6.07, 6.45) is -1.51. The van der Waals surface area contributed by atoms with E-state index < -0.39 is 41.3 Å². The van der Waals surface area contributed by atoms with E-state index in [4.69, 9.17) is 14.2 Å². The molecule has 0 aliphatic carbocycles. The first kappa shape index (κ1) is 27.7. The third kappa shape index (κ3) is 8.96. The van der Waals surface area contributed by atoms with E-state index in [1.54, 1.807) is 77.9 Å². The van der Waals surface area contributed by atoms with Crippen molar-refractivity contribution in [3.63, 3.8) is 0 Å². The number of benzene rings is 2. The Hall–Kier alpha value is -3.55. The number of ether oxygens (including phenoxy) is 3. The molecule has 0 radical (unpaired) electrons. The molecule has 0 aromatic heterocycles. The van der Waals surface area contributed by atoms with E-state index in [9.17, 15) is 14.4 Å². The topological polar surface area (TPSA) is 103 Å². The van der Waals surface area contributed by atoms with Crippen LogP contribution in [0, 0.1) is 6.92 Å². The molecule has 2 amide bonds. The number of ketones is 1. The highest BCUT2D eigenvalue weighted by atomic mass is 16.6. The first-order chi connectivity index (χ1) is 16.2. The number of Topliss-reactive ketones (excluding diaryl/α,β-unsaturated/α-hetero) is 1. The maximum absolute atomic E-state index is 13.9. The highest BCUT2D eigenvalue weighted by Crippen LogP contribution is 2.26. The normalized spacial score (nSPS) is 13.3. The Morgan fingerprint density at radius 1 is 0.686 bits per heavy atom. The Kier molecular flexibility index (Phi) is 8.90. The van der Waals surface area contributed by atoms with Crippen molar-refractivity contribution in [2.75, 3.05) is 7.11 Å². The lowest BCUT2D eigenvalue weighted by atomic mass is 9.93. The van der Waals surface area contributed by atoms with Crippen LogP contribution in [0.1, 0.15) is 70.3 Å². The lowest BCUT2D eigenvalue weighted by Gasteiger charge is -2.28. The predicted octanol–water partition coefficient (Wildman–Crippen LogP) is 5.40. The molecule has 0 bridgehead atoms. The number of aryl methyl sites for hydroxylation is 1. The molecule has 190 valence electrons. The highest BCUT2D eigenvalue weighted by molar-refractivity contribution is 5.95. The van der Waals surface area contributed by atoms with E-state index in [0.717, 1.165) is 5.56 Å². The molecule has 0 fully saturated rings. The summed E-state index contributed by atoms with van der Waals surface area (Å²) in [7, 11) is 1.54. The molecule has 2 atom stereocenters.